The molecule has 0 amide bonds. The Hall–Kier alpha value is -1.65. The van der Waals surface area contributed by atoms with E-state index in [1.807, 2.05) is 17.9 Å². The number of halogens is 1. The first-order chi connectivity index (χ1) is 10.9. The largest absolute Gasteiger partial charge is 0.368 e. The quantitative estimate of drug-likeness (QED) is 0.807. The van der Waals surface area contributed by atoms with Gasteiger partial charge in [-0.1, -0.05) is 6.07 Å². The standard InChI is InChI=1S/C16H22FN3O2S/c1-13-6-7-15(17)16(11-13)20-9-4-5-14(12-20)19-23(21,22)10-3-2-8-18/h6-7,11,14,19H,2-5,9-10,12H2,1H3/t14-/m0/s1. The van der Waals surface area contributed by atoms with Crippen LogP contribution in [0.15, 0.2) is 18.2 Å². The molecule has 126 valence electrons. The molecular formula is C16H22FN3O2S. The molecule has 0 spiro atoms. The molecule has 1 aliphatic rings. The van der Waals surface area contributed by atoms with E-state index in [0.717, 1.165) is 18.4 Å². The van der Waals surface area contributed by atoms with Gasteiger partial charge >= 0.3 is 0 Å². The fraction of sp³-hybridized carbons (Fsp3) is 0.562. The van der Waals surface area contributed by atoms with Crippen LogP contribution in [-0.4, -0.2) is 33.3 Å². The lowest BCUT2D eigenvalue weighted by Crippen LogP contribution is -2.48. The first-order valence-corrected chi connectivity index (χ1v) is 9.44. The third kappa shape index (κ3) is 5.19. The summed E-state index contributed by atoms with van der Waals surface area (Å²) in [5.74, 6) is -0.330. The van der Waals surface area contributed by atoms with Gasteiger partial charge in [-0.05, 0) is 43.9 Å². The van der Waals surface area contributed by atoms with Crippen LogP contribution in [0.3, 0.4) is 0 Å². The number of benzene rings is 1. The Morgan fingerprint density at radius 1 is 1.48 bits per heavy atom. The lowest BCUT2D eigenvalue weighted by Gasteiger charge is -2.35. The topological polar surface area (TPSA) is 73.2 Å². The lowest BCUT2D eigenvalue weighted by atomic mass is 10.1. The second-order valence-electron chi connectivity index (χ2n) is 5.94. The van der Waals surface area contributed by atoms with E-state index in [1.165, 1.54) is 6.07 Å². The SMILES string of the molecule is Cc1ccc(F)c(N2CCC[C@H](NS(=O)(=O)CCCC#N)C2)c1. The van der Waals surface area contributed by atoms with Gasteiger partial charge in [0.25, 0.3) is 0 Å². The molecule has 23 heavy (non-hydrogen) atoms. The highest BCUT2D eigenvalue weighted by atomic mass is 32.2. The first-order valence-electron chi connectivity index (χ1n) is 7.79. The van der Waals surface area contributed by atoms with Crippen LogP contribution >= 0.6 is 0 Å². The maximum absolute atomic E-state index is 14.0. The van der Waals surface area contributed by atoms with Gasteiger partial charge < -0.3 is 4.90 Å². The maximum atomic E-state index is 14.0. The van der Waals surface area contributed by atoms with Gasteiger partial charge in [-0.15, -0.1) is 0 Å². The number of hydrogen-bond donors (Lipinski definition) is 1. The molecule has 0 bridgehead atoms. The molecule has 0 aromatic heterocycles. The van der Waals surface area contributed by atoms with Gasteiger partial charge in [0.05, 0.1) is 17.5 Å². The molecule has 1 aromatic rings. The Kier molecular flexibility index (Phi) is 5.97. The van der Waals surface area contributed by atoms with Crippen molar-refractivity contribution in [2.24, 2.45) is 0 Å². The maximum Gasteiger partial charge on any atom is 0.211 e. The Morgan fingerprint density at radius 3 is 3.00 bits per heavy atom. The molecule has 1 heterocycles. The van der Waals surface area contributed by atoms with Gasteiger partial charge in [0.15, 0.2) is 0 Å². The Balaban J connectivity index is 2.01. The third-order valence-electron chi connectivity index (χ3n) is 3.91. The molecule has 0 aliphatic carbocycles. The predicted molar refractivity (Wildman–Crippen MR) is 88.1 cm³/mol. The zero-order chi connectivity index (χ0) is 16.9. The fourth-order valence-corrected chi connectivity index (χ4v) is 4.15. The number of nitriles is 1. The Labute approximate surface area is 137 Å². The number of hydrogen-bond acceptors (Lipinski definition) is 4. The molecular weight excluding hydrogens is 317 g/mol. The minimum atomic E-state index is -3.40. The summed E-state index contributed by atoms with van der Waals surface area (Å²) < 4.78 is 40.7. The summed E-state index contributed by atoms with van der Waals surface area (Å²) in [4.78, 5) is 1.90. The van der Waals surface area contributed by atoms with E-state index < -0.39 is 10.0 Å². The van der Waals surface area contributed by atoms with Crippen molar-refractivity contribution < 1.29 is 12.8 Å². The second kappa shape index (κ2) is 7.75. The number of nitrogens with zero attached hydrogens (tertiary/aromatic N) is 2. The third-order valence-corrected chi connectivity index (χ3v) is 5.43. The van der Waals surface area contributed by atoms with Gasteiger partial charge in [0.2, 0.25) is 10.0 Å². The molecule has 1 N–H and O–H groups in total. The number of piperidine rings is 1. The summed E-state index contributed by atoms with van der Waals surface area (Å²) in [6.45, 7) is 3.08. The number of unbranched alkanes of at least 4 members (excludes halogenated alkanes) is 1. The van der Waals surface area contributed by atoms with E-state index in [9.17, 15) is 12.8 Å². The zero-order valence-corrected chi connectivity index (χ0v) is 14.1. The highest BCUT2D eigenvalue weighted by molar-refractivity contribution is 7.89. The molecule has 0 radical (unpaired) electrons. The highest BCUT2D eigenvalue weighted by Gasteiger charge is 2.25. The molecule has 1 fully saturated rings. The monoisotopic (exact) mass is 339 g/mol. The first kappa shape index (κ1) is 17.7. The van der Waals surface area contributed by atoms with Crippen molar-refractivity contribution in [3.05, 3.63) is 29.6 Å². The van der Waals surface area contributed by atoms with Crippen LogP contribution in [-0.2, 0) is 10.0 Å². The van der Waals surface area contributed by atoms with Crippen molar-refractivity contribution in [1.29, 1.82) is 5.26 Å². The molecule has 5 nitrogen and oxygen atoms in total. The summed E-state index contributed by atoms with van der Waals surface area (Å²) in [6, 6.07) is 6.67. The fourth-order valence-electron chi connectivity index (χ4n) is 2.81. The smallest absolute Gasteiger partial charge is 0.211 e. The van der Waals surface area contributed by atoms with Gasteiger partial charge in [-0.25, -0.2) is 17.5 Å². The van der Waals surface area contributed by atoms with Crippen LogP contribution in [0.5, 0.6) is 0 Å². The van der Waals surface area contributed by atoms with Crippen molar-refractivity contribution in [1.82, 2.24) is 4.72 Å². The van der Waals surface area contributed by atoms with Gasteiger partial charge in [-0.3, -0.25) is 0 Å². The van der Waals surface area contributed by atoms with E-state index in [0.29, 0.717) is 25.2 Å². The van der Waals surface area contributed by atoms with Crippen molar-refractivity contribution in [3.63, 3.8) is 0 Å². The van der Waals surface area contributed by atoms with E-state index in [4.69, 9.17) is 5.26 Å². The minimum absolute atomic E-state index is 0.0458. The molecule has 1 aromatic carbocycles. The van der Waals surface area contributed by atoms with E-state index >= 15 is 0 Å². The molecule has 1 saturated heterocycles. The molecule has 1 atom stereocenters. The van der Waals surface area contributed by atoms with Crippen LogP contribution in [0.25, 0.3) is 0 Å². The predicted octanol–water partition coefficient (Wildman–Crippen LogP) is 2.33. The normalized spacial score (nSPS) is 18.7. The van der Waals surface area contributed by atoms with Crippen LogP contribution < -0.4 is 9.62 Å². The second-order valence-corrected chi connectivity index (χ2v) is 7.81. The van der Waals surface area contributed by atoms with Crippen LogP contribution in [0.2, 0.25) is 0 Å². The van der Waals surface area contributed by atoms with E-state index in [-0.39, 0.29) is 24.0 Å². The van der Waals surface area contributed by atoms with E-state index in [2.05, 4.69) is 4.72 Å². The zero-order valence-electron chi connectivity index (χ0n) is 13.3. The lowest BCUT2D eigenvalue weighted by molar-refractivity contribution is 0.461. The van der Waals surface area contributed by atoms with Gasteiger partial charge in [0, 0.05) is 25.6 Å². The summed E-state index contributed by atoms with van der Waals surface area (Å²) in [6.07, 6.45) is 2.10. The summed E-state index contributed by atoms with van der Waals surface area (Å²) in [5.41, 5.74) is 1.50. The number of sulfonamides is 1. The van der Waals surface area contributed by atoms with Gasteiger partial charge in [-0.2, -0.15) is 5.26 Å². The molecule has 0 saturated carbocycles. The molecule has 7 heteroatoms. The Morgan fingerprint density at radius 2 is 2.26 bits per heavy atom. The average molecular weight is 339 g/mol. The van der Waals surface area contributed by atoms with Crippen molar-refractivity contribution in [2.75, 3.05) is 23.7 Å². The van der Waals surface area contributed by atoms with Crippen LogP contribution in [0.1, 0.15) is 31.2 Å². The number of anilines is 1. The van der Waals surface area contributed by atoms with Crippen molar-refractivity contribution in [2.45, 2.75) is 38.6 Å². The summed E-state index contributed by atoms with van der Waals surface area (Å²) in [5, 5.41) is 8.49. The molecule has 1 aliphatic heterocycles. The summed E-state index contributed by atoms with van der Waals surface area (Å²) in [7, 11) is -3.40. The van der Waals surface area contributed by atoms with Crippen LogP contribution in [0.4, 0.5) is 10.1 Å². The Bertz CT molecular complexity index is 685. The van der Waals surface area contributed by atoms with E-state index in [1.54, 1.807) is 12.1 Å². The molecule has 0 unspecified atom stereocenters. The number of aryl methyl sites for hydroxylation is 1. The van der Waals surface area contributed by atoms with Crippen molar-refractivity contribution >= 4 is 15.7 Å². The van der Waals surface area contributed by atoms with Gasteiger partial charge in [0.1, 0.15) is 5.82 Å². The average Bonchev–Trinajstić information content (AvgIpc) is 2.49. The highest BCUT2D eigenvalue weighted by Crippen LogP contribution is 2.24. The van der Waals surface area contributed by atoms with Crippen LogP contribution in [0, 0.1) is 24.1 Å². The summed E-state index contributed by atoms with van der Waals surface area (Å²) >= 11 is 0. The number of rotatable bonds is 6. The van der Waals surface area contributed by atoms with Crippen molar-refractivity contribution in [3.8, 4) is 6.07 Å². The number of nitrogens with one attached hydrogen (secondary N) is 1. The molecule has 2 rings (SSSR count). The minimum Gasteiger partial charge on any atom is -0.368 e.